The minimum Gasteiger partial charge on any atom is -0.395 e. The predicted octanol–water partition coefficient (Wildman–Crippen LogP) is 2.88. The molecule has 1 aromatic carbocycles. The van der Waals surface area contributed by atoms with Gasteiger partial charge in [-0.1, -0.05) is 36.8 Å². The minimum atomic E-state index is -0.0980. The van der Waals surface area contributed by atoms with Gasteiger partial charge in [-0.2, -0.15) is 0 Å². The Morgan fingerprint density at radius 1 is 1.33 bits per heavy atom. The highest BCUT2D eigenvalue weighted by Crippen LogP contribution is 2.33. The van der Waals surface area contributed by atoms with Gasteiger partial charge in [-0.3, -0.25) is 0 Å². The van der Waals surface area contributed by atoms with E-state index >= 15 is 0 Å². The maximum Gasteiger partial charge on any atom is 0.317 e. The molecule has 1 fully saturated rings. The highest BCUT2D eigenvalue weighted by atomic mass is 16.5. The summed E-state index contributed by atoms with van der Waals surface area (Å²) in [5.74, 6) is 0.281. The Morgan fingerprint density at radius 2 is 2.08 bits per heavy atom. The lowest BCUT2D eigenvalue weighted by Gasteiger charge is -2.33. The number of amides is 2. The Hall–Kier alpha value is -1.59. The molecule has 24 heavy (non-hydrogen) atoms. The van der Waals surface area contributed by atoms with Gasteiger partial charge < -0.3 is 20.1 Å². The standard InChI is InChI=1S/C19H30N2O3/c1-3-10-21(11-12-22)19(23)20-14-17-5-4-13-24-18(17)16-8-6-15(2)7-9-16/h6-9,17-18,22H,3-5,10-14H2,1-2H3,(H,20,23). The van der Waals surface area contributed by atoms with E-state index in [4.69, 9.17) is 9.84 Å². The summed E-state index contributed by atoms with van der Waals surface area (Å²) >= 11 is 0. The van der Waals surface area contributed by atoms with E-state index in [1.807, 2.05) is 6.92 Å². The first-order valence-electron chi connectivity index (χ1n) is 8.97. The first-order chi connectivity index (χ1) is 11.7. The average Bonchev–Trinajstić information content (AvgIpc) is 2.60. The van der Waals surface area contributed by atoms with Crippen molar-refractivity contribution in [2.24, 2.45) is 5.92 Å². The van der Waals surface area contributed by atoms with Crippen LogP contribution in [0.1, 0.15) is 43.4 Å². The van der Waals surface area contributed by atoms with Gasteiger partial charge in [0, 0.05) is 32.2 Å². The highest BCUT2D eigenvalue weighted by molar-refractivity contribution is 5.74. The lowest BCUT2D eigenvalue weighted by Crippen LogP contribution is -2.44. The van der Waals surface area contributed by atoms with Gasteiger partial charge >= 0.3 is 6.03 Å². The fourth-order valence-electron chi connectivity index (χ4n) is 3.21. The van der Waals surface area contributed by atoms with E-state index in [0.717, 1.165) is 25.9 Å². The summed E-state index contributed by atoms with van der Waals surface area (Å²) in [6.45, 7) is 6.51. The quantitative estimate of drug-likeness (QED) is 0.806. The smallest absolute Gasteiger partial charge is 0.317 e. The number of rotatable bonds is 7. The number of aliphatic hydroxyl groups is 1. The number of hydrogen-bond donors (Lipinski definition) is 2. The molecule has 0 spiro atoms. The number of nitrogens with one attached hydrogen (secondary N) is 1. The van der Waals surface area contributed by atoms with E-state index in [-0.39, 0.29) is 24.7 Å². The van der Waals surface area contributed by atoms with Gasteiger partial charge in [0.2, 0.25) is 0 Å². The van der Waals surface area contributed by atoms with E-state index in [1.165, 1.54) is 11.1 Å². The second-order valence-electron chi connectivity index (χ2n) is 6.50. The fourth-order valence-corrected chi connectivity index (χ4v) is 3.21. The number of aryl methyl sites for hydroxylation is 1. The number of ether oxygens (including phenoxy) is 1. The normalized spacial score (nSPS) is 20.6. The largest absolute Gasteiger partial charge is 0.395 e. The van der Waals surface area contributed by atoms with E-state index in [0.29, 0.717) is 19.6 Å². The molecule has 5 heteroatoms. The zero-order valence-electron chi connectivity index (χ0n) is 14.8. The molecule has 1 aliphatic heterocycles. The molecule has 2 unspecified atom stereocenters. The van der Waals surface area contributed by atoms with E-state index in [9.17, 15) is 4.79 Å². The number of urea groups is 1. The van der Waals surface area contributed by atoms with Crippen LogP contribution in [0, 0.1) is 12.8 Å². The maximum absolute atomic E-state index is 12.3. The third-order valence-corrected chi connectivity index (χ3v) is 4.52. The van der Waals surface area contributed by atoms with Crippen molar-refractivity contribution in [3.05, 3.63) is 35.4 Å². The second-order valence-corrected chi connectivity index (χ2v) is 6.50. The summed E-state index contributed by atoms with van der Waals surface area (Å²) in [4.78, 5) is 14.0. The molecule has 1 saturated heterocycles. The van der Waals surface area contributed by atoms with Crippen LogP contribution in [-0.2, 0) is 4.74 Å². The summed E-state index contributed by atoms with van der Waals surface area (Å²) in [7, 11) is 0. The van der Waals surface area contributed by atoms with Crippen molar-refractivity contribution >= 4 is 6.03 Å². The summed E-state index contributed by atoms with van der Waals surface area (Å²) in [5.41, 5.74) is 2.42. The van der Waals surface area contributed by atoms with Gasteiger partial charge in [-0.25, -0.2) is 4.79 Å². The molecule has 0 radical (unpaired) electrons. The Labute approximate surface area is 145 Å². The third-order valence-electron chi connectivity index (χ3n) is 4.52. The Bertz CT molecular complexity index is 498. The van der Waals surface area contributed by atoms with Gasteiger partial charge in [-0.15, -0.1) is 0 Å². The number of benzene rings is 1. The van der Waals surface area contributed by atoms with Crippen LogP contribution in [0.2, 0.25) is 0 Å². The molecule has 0 aliphatic carbocycles. The summed E-state index contributed by atoms with van der Waals surface area (Å²) in [5, 5.41) is 12.1. The van der Waals surface area contributed by atoms with Gasteiger partial charge in [0.1, 0.15) is 0 Å². The van der Waals surface area contributed by atoms with Crippen molar-refractivity contribution in [3.8, 4) is 0 Å². The van der Waals surface area contributed by atoms with Crippen molar-refractivity contribution in [3.63, 3.8) is 0 Å². The summed E-state index contributed by atoms with van der Waals surface area (Å²) < 4.78 is 6.00. The third kappa shape index (κ3) is 5.21. The highest BCUT2D eigenvalue weighted by Gasteiger charge is 2.28. The Morgan fingerprint density at radius 3 is 2.75 bits per heavy atom. The molecule has 0 aromatic heterocycles. The van der Waals surface area contributed by atoms with Crippen LogP contribution in [0.15, 0.2) is 24.3 Å². The van der Waals surface area contributed by atoms with Crippen LogP contribution in [0.3, 0.4) is 0 Å². The van der Waals surface area contributed by atoms with Crippen molar-refractivity contribution in [2.75, 3.05) is 32.8 Å². The van der Waals surface area contributed by atoms with Gasteiger partial charge in [0.15, 0.2) is 0 Å². The zero-order valence-corrected chi connectivity index (χ0v) is 14.8. The van der Waals surface area contributed by atoms with Crippen LogP contribution in [0.5, 0.6) is 0 Å². The number of carbonyl (C=O) groups excluding carboxylic acids is 1. The minimum absolute atomic E-state index is 0.00799. The molecule has 2 N–H and O–H groups in total. The van der Waals surface area contributed by atoms with Crippen LogP contribution in [-0.4, -0.2) is 48.9 Å². The molecule has 1 heterocycles. The van der Waals surface area contributed by atoms with E-state index in [1.54, 1.807) is 4.90 Å². The lowest BCUT2D eigenvalue weighted by molar-refractivity contribution is -0.0272. The molecule has 2 amide bonds. The molecule has 1 aromatic rings. The van der Waals surface area contributed by atoms with Crippen LogP contribution >= 0.6 is 0 Å². The predicted molar refractivity (Wildman–Crippen MR) is 94.9 cm³/mol. The van der Waals surface area contributed by atoms with Crippen molar-refractivity contribution in [2.45, 2.75) is 39.2 Å². The fraction of sp³-hybridized carbons (Fsp3) is 0.632. The molecule has 0 saturated carbocycles. The molecule has 2 rings (SSSR count). The van der Waals surface area contributed by atoms with Gasteiger partial charge in [-0.05, 0) is 31.7 Å². The molecule has 0 bridgehead atoms. The van der Waals surface area contributed by atoms with Crippen molar-refractivity contribution in [1.29, 1.82) is 0 Å². The number of aliphatic hydroxyl groups excluding tert-OH is 1. The molecular formula is C19H30N2O3. The first kappa shape index (κ1) is 18.7. The van der Waals surface area contributed by atoms with Crippen LogP contribution in [0.25, 0.3) is 0 Å². The zero-order chi connectivity index (χ0) is 17.4. The van der Waals surface area contributed by atoms with Crippen molar-refractivity contribution in [1.82, 2.24) is 10.2 Å². The monoisotopic (exact) mass is 334 g/mol. The van der Waals surface area contributed by atoms with Gasteiger partial charge in [0.05, 0.1) is 12.7 Å². The van der Waals surface area contributed by atoms with Crippen molar-refractivity contribution < 1.29 is 14.6 Å². The summed E-state index contributed by atoms with van der Waals surface area (Å²) in [6.07, 6.45) is 2.99. The average molecular weight is 334 g/mol. The van der Waals surface area contributed by atoms with Crippen LogP contribution < -0.4 is 5.32 Å². The second kappa shape index (κ2) is 9.64. The number of carbonyl (C=O) groups is 1. The molecule has 2 atom stereocenters. The number of hydrogen-bond acceptors (Lipinski definition) is 3. The lowest BCUT2D eigenvalue weighted by atomic mass is 9.89. The molecule has 134 valence electrons. The van der Waals surface area contributed by atoms with E-state index in [2.05, 4.69) is 36.5 Å². The van der Waals surface area contributed by atoms with Gasteiger partial charge in [0.25, 0.3) is 0 Å². The molecular weight excluding hydrogens is 304 g/mol. The molecule has 5 nitrogen and oxygen atoms in total. The Balaban J connectivity index is 1.95. The topological polar surface area (TPSA) is 61.8 Å². The maximum atomic E-state index is 12.3. The Kier molecular flexibility index (Phi) is 7.53. The SMILES string of the molecule is CCCN(CCO)C(=O)NCC1CCCOC1c1ccc(C)cc1. The van der Waals surface area contributed by atoms with Crippen LogP contribution in [0.4, 0.5) is 4.79 Å². The summed E-state index contributed by atoms with van der Waals surface area (Å²) in [6, 6.07) is 8.35. The first-order valence-corrected chi connectivity index (χ1v) is 8.97. The number of nitrogens with zero attached hydrogens (tertiary/aromatic N) is 1. The molecule has 1 aliphatic rings. The van der Waals surface area contributed by atoms with E-state index < -0.39 is 0 Å².